The summed E-state index contributed by atoms with van der Waals surface area (Å²) in [5.41, 5.74) is 3.26. The lowest BCUT2D eigenvalue weighted by Gasteiger charge is -2.03. The van der Waals surface area contributed by atoms with Crippen molar-refractivity contribution in [3.05, 3.63) is 81.9 Å². The molecule has 0 unspecified atom stereocenters. The summed E-state index contributed by atoms with van der Waals surface area (Å²) in [4.78, 5) is 2.51. The number of aromatic nitrogens is 1. The van der Waals surface area contributed by atoms with E-state index in [1.165, 1.54) is 18.2 Å². The Morgan fingerprint density at radius 2 is 1.63 bits per heavy atom. The van der Waals surface area contributed by atoms with Crippen LogP contribution < -0.4 is 10.6 Å². The van der Waals surface area contributed by atoms with Gasteiger partial charge in [0, 0.05) is 34.5 Å². The maximum atomic E-state index is 11.9. The number of allylic oxidation sites excluding steroid dienone is 6. The topological polar surface area (TPSA) is 182 Å². The van der Waals surface area contributed by atoms with E-state index >= 15 is 0 Å². The molecule has 4 rings (SSSR count). The van der Waals surface area contributed by atoms with E-state index in [1.54, 1.807) is 30.4 Å². The number of fused-ring (bicyclic) bond motifs is 2. The fourth-order valence-corrected chi connectivity index (χ4v) is 7.08. The molecular formula is C31H34ClN2O9S3+. The van der Waals surface area contributed by atoms with Crippen LogP contribution in [0, 0.1) is 0 Å². The van der Waals surface area contributed by atoms with Crippen molar-refractivity contribution in [2.24, 2.45) is 0 Å². The second-order valence-corrected chi connectivity index (χ2v) is 15.5. The van der Waals surface area contributed by atoms with Crippen LogP contribution in [0.2, 0.25) is 5.02 Å². The molecule has 3 aromatic rings. The predicted molar refractivity (Wildman–Crippen MR) is 180 cm³/mol. The van der Waals surface area contributed by atoms with Gasteiger partial charge in [0.05, 0.1) is 37.2 Å². The molecule has 0 fully saturated rings. The first-order chi connectivity index (χ1) is 21.5. The van der Waals surface area contributed by atoms with Crippen molar-refractivity contribution in [2.45, 2.75) is 48.8 Å². The number of aromatic amines is 1. The minimum absolute atomic E-state index is 0.104. The number of halogens is 1. The van der Waals surface area contributed by atoms with E-state index in [1.807, 2.05) is 16.7 Å². The summed E-state index contributed by atoms with van der Waals surface area (Å²) in [5.74, 6) is -0.386. The van der Waals surface area contributed by atoms with Gasteiger partial charge in [0.1, 0.15) is 6.54 Å². The van der Waals surface area contributed by atoms with Crippen molar-refractivity contribution < 1.29 is 43.5 Å². The quantitative estimate of drug-likeness (QED) is 0.0849. The van der Waals surface area contributed by atoms with Crippen molar-refractivity contribution in [3.8, 4) is 0 Å². The van der Waals surface area contributed by atoms with Crippen molar-refractivity contribution in [1.82, 2.24) is 4.98 Å². The lowest BCUT2D eigenvalue weighted by molar-refractivity contribution is -0.436. The molecule has 0 radical (unpaired) electrons. The van der Waals surface area contributed by atoms with Gasteiger partial charge in [-0.2, -0.15) is 29.8 Å². The second-order valence-electron chi connectivity index (χ2n) is 10.7. The van der Waals surface area contributed by atoms with Crippen molar-refractivity contribution in [1.29, 1.82) is 0 Å². The minimum Gasteiger partial charge on any atom is -0.353 e. The van der Waals surface area contributed by atoms with Gasteiger partial charge in [0.25, 0.3) is 30.4 Å². The highest BCUT2D eigenvalue weighted by atomic mass is 35.5. The Bertz CT molecular complexity index is 2250. The Kier molecular flexibility index (Phi) is 10.9. The zero-order chi connectivity index (χ0) is 33.9. The third kappa shape index (κ3) is 8.50. The monoisotopic (exact) mass is 709 g/mol. The van der Waals surface area contributed by atoms with Crippen molar-refractivity contribution in [2.75, 3.05) is 12.3 Å². The van der Waals surface area contributed by atoms with Crippen LogP contribution >= 0.6 is 11.6 Å². The highest BCUT2D eigenvalue weighted by molar-refractivity contribution is 7.86. The molecule has 0 atom stereocenters. The summed E-state index contributed by atoms with van der Waals surface area (Å²) >= 11 is 6.24. The number of nitrogens with one attached hydrogen (secondary N) is 1. The maximum Gasteiger partial charge on any atom is 0.294 e. The van der Waals surface area contributed by atoms with Crippen LogP contribution in [0.3, 0.4) is 0 Å². The fraction of sp³-hybridized carbons (Fsp3) is 0.258. The van der Waals surface area contributed by atoms with E-state index in [4.69, 9.17) is 16.2 Å². The predicted octanol–water partition coefficient (Wildman–Crippen LogP) is 4.66. The number of hydrogen-bond acceptors (Lipinski definition) is 6. The van der Waals surface area contributed by atoms with E-state index < -0.39 is 30.4 Å². The number of nitrogens with zero attached hydrogens (tertiary/aromatic N) is 1. The van der Waals surface area contributed by atoms with E-state index in [0.717, 1.165) is 30.2 Å². The van der Waals surface area contributed by atoms with Gasteiger partial charge in [-0.1, -0.05) is 62.2 Å². The van der Waals surface area contributed by atoms with Crippen LogP contribution in [0.4, 0.5) is 5.69 Å². The summed E-state index contributed by atoms with van der Waals surface area (Å²) in [5, 5.41) is 1.58. The average molecular weight is 710 g/mol. The molecule has 0 saturated heterocycles. The molecule has 0 saturated carbocycles. The van der Waals surface area contributed by atoms with E-state index in [0.29, 0.717) is 52.1 Å². The van der Waals surface area contributed by atoms with Gasteiger partial charge in [-0.05, 0) is 43.2 Å². The van der Waals surface area contributed by atoms with Gasteiger partial charge in [-0.3, -0.25) is 13.7 Å². The van der Waals surface area contributed by atoms with E-state index in [-0.39, 0.29) is 27.0 Å². The molecule has 1 aliphatic heterocycles. The van der Waals surface area contributed by atoms with Crippen LogP contribution in [0.25, 0.3) is 29.1 Å². The van der Waals surface area contributed by atoms with Crippen LogP contribution in [-0.4, -0.2) is 66.5 Å². The molecule has 2 heterocycles. The van der Waals surface area contributed by atoms with Gasteiger partial charge in [-0.15, -0.1) is 0 Å². The molecule has 0 amide bonds. The SMILES string of the molecule is C=c1\c(=C/C=C/C=C/C2=[N+](CCCCS(=O)(=O)O)c3ccc(S(=O)(=O)O)cc3/C2=C\CCCC)[nH]c2c(Cl)cc(S(=O)(=O)O)cc12. The molecule has 15 heteroatoms. The highest BCUT2D eigenvalue weighted by Crippen LogP contribution is 2.37. The van der Waals surface area contributed by atoms with Gasteiger partial charge >= 0.3 is 0 Å². The van der Waals surface area contributed by atoms with E-state index in [2.05, 4.69) is 18.5 Å². The molecule has 0 bridgehead atoms. The van der Waals surface area contributed by atoms with Crippen LogP contribution in [-0.2, 0) is 30.4 Å². The van der Waals surface area contributed by atoms with Crippen LogP contribution in [0.15, 0.2) is 70.5 Å². The minimum atomic E-state index is -4.47. The summed E-state index contributed by atoms with van der Waals surface area (Å²) in [6, 6.07) is 6.76. The lowest BCUT2D eigenvalue weighted by Crippen LogP contribution is -2.20. The standard InChI is InChI=1S/C31H33ClN2O9S3/c1-3-4-6-11-24-26-18-22(45(38,39)40)14-15-30(26)34(16-9-10-17-44(35,36)37)29(24)13-8-5-7-12-28-21(2)25-19-23(46(41,42)43)20-27(32)31(25)33-28/h5,7-8,11-15,18-20H,2-4,6,9-10,16-17H2,1H3,(H3,35,36,37,38,39,40,41,42,43)/p+1/b24-11+. The normalized spacial score (nSPS) is 15.8. The lowest BCUT2D eigenvalue weighted by atomic mass is 10.0. The third-order valence-corrected chi connectivity index (χ3v) is 10.1. The first-order valence-corrected chi connectivity index (χ1v) is 19.1. The number of H-pyrrole nitrogens is 1. The van der Waals surface area contributed by atoms with Crippen LogP contribution in [0.5, 0.6) is 0 Å². The molecule has 246 valence electrons. The average Bonchev–Trinajstić information content (AvgIpc) is 3.43. The van der Waals surface area contributed by atoms with Crippen molar-refractivity contribution >= 4 is 82.5 Å². The molecule has 46 heavy (non-hydrogen) atoms. The smallest absolute Gasteiger partial charge is 0.294 e. The number of hydrogen-bond donors (Lipinski definition) is 4. The summed E-state index contributed by atoms with van der Waals surface area (Å²) in [7, 11) is -13.0. The Morgan fingerprint density at radius 1 is 0.913 bits per heavy atom. The Hall–Kier alpha value is -3.37. The van der Waals surface area contributed by atoms with Crippen LogP contribution in [0.1, 0.15) is 44.6 Å². The molecule has 11 nitrogen and oxygen atoms in total. The molecule has 2 aromatic carbocycles. The number of unbranched alkanes of at least 4 members (excludes halogenated alkanes) is 3. The third-order valence-electron chi connectivity index (χ3n) is 7.36. The molecular weight excluding hydrogens is 676 g/mol. The van der Waals surface area contributed by atoms with Gasteiger partial charge < -0.3 is 4.98 Å². The Morgan fingerprint density at radius 3 is 2.28 bits per heavy atom. The largest absolute Gasteiger partial charge is 0.353 e. The molecule has 0 spiro atoms. The Labute approximate surface area is 272 Å². The molecule has 1 aliphatic rings. The molecule has 0 aliphatic carbocycles. The number of rotatable bonds is 13. The molecule has 1 aromatic heterocycles. The van der Waals surface area contributed by atoms with Gasteiger partial charge in [0.2, 0.25) is 11.4 Å². The highest BCUT2D eigenvalue weighted by Gasteiger charge is 2.34. The first-order valence-electron chi connectivity index (χ1n) is 14.3. The number of benzene rings is 2. The summed E-state index contributed by atoms with van der Waals surface area (Å²) < 4.78 is 99.9. The maximum absolute atomic E-state index is 11.9. The molecule has 4 N–H and O–H groups in total. The summed E-state index contributed by atoms with van der Waals surface area (Å²) in [6.45, 7) is 6.43. The summed E-state index contributed by atoms with van der Waals surface area (Å²) in [6.07, 6.45) is 14.0. The zero-order valence-electron chi connectivity index (χ0n) is 24.8. The van der Waals surface area contributed by atoms with Gasteiger partial charge in [-0.25, -0.2) is 0 Å². The fourth-order valence-electron chi connectivity index (χ4n) is 5.14. The second kappa shape index (κ2) is 14.2. The first kappa shape index (κ1) is 35.5. The Balaban J connectivity index is 1.73. The van der Waals surface area contributed by atoms with Crippen molar-refractivity contribution in [3.63, 3.8) is 0 Å². The van der Waals surface area contributed by atoms with E-state index in [9.17, 15) is 34.4 Å². The van der Waals surface area contributed by atoms with Gasteiger partial charge in [0.15, 0.2) is 0 Å². The zero-order valence-corrected chi connectivity index (χ0v) is 28.1.